The zero-order valence-electron chi connectivity index (χ0n) is 8.64. The Hall–Kier alpha value is -0.610. The third-order valence-corrected chi connectivity index (χ3v) is 3.71. The molecule has 2 aliphatic rings. The summed E-state index contributed by atoms with van der Waals surface area (Å²) >= 11 is 0. The Morgan fingerprint density at radius 3 is 2.86 bits per heavy atom. The van der Waals surface area contributed by atoms with Gasteiger partial charge in [-0.2, -0.15) is 0 Å². The van der Waals surface area contributed by atoms with Crippen LogP contribution in [-0.4, -0.2) is 48.3 Å². The van der Waals surface area contributed by atoms with Gasteiger partial charge >= 0.3 is 5.97 Å². The molecule has 2 fully saturated rings. The molecule has 0 aromatic rings. The van der Waals surface area contributed by atoms with Crippen molar-refractivity contribution in [2.45, 2.75) is 37.5 Å². The summed E-state index contributed by atoms with van der Waals surface area (Å²) in [7, 11) is 3.42. The van der Waals surface area contributed by atoms with Gasteiger partial charge in [0.1, 0.15) is 0 Å². The molecule has 1 N–H and O–H groups in total. The van der Waals surface area contributed by atoms with E-state index in [4.69, 9.17) is 4.74 Å². The minimum Gasteiger partial charge on any atom is -0.469 e. The molecule has 2 rings (SSSR count). The second-order valence-electron chi connectivity index (χ2n) is 4.32. The van der Waals surface area contributed by atoms with E-state index in [9.17, 15) is 9.90 Å². The van der Waals surface area contributed by atoms with Crippen LogP contribution in [0.4, 0.5) is 0 Å². The van der Waals surface area contributed by atoms with Gasteiger partial charge in [0.2, 0.25) is 0 Å². The fourth-order valence-electron chi connectivity index (χ4n) is 2.89. The number of rotatable bonds is 1. The van der Waals surface area contributed by atoms with Crippen molar-refractivity contribution in [3.05, 3.63) is 0 Å². The van der Waals surface area contributed by atoms with E-state index in [2.05, 4.69) is 4.90 Å². The first kappa shape index (κ1) is 9.93. The summed E-state index contributed by atoms with van der Waals surface area (Å²) in [6, 6.07) is 0.632. The number of nitrogens with zero attached hydrogens (tertiary/aromatic N) is 1. The number of hydrogen-bond acceptors (Lipinski definition) is 4. The summed E-state index contributed by atoms with van der Waals surface area (Å²) in [5, 5.41) is 9.84. The van der Waals surface area contributed by atoms with E-state index in [0.717, 1.165) is 12.8 Å². The summed E-state index contributed by atoms with van der Waals surface area (Å²) in [4.78, 5) is 13.7. The lowest BCUT2D eigenvalue weighted by Gasteiger charge is -2.39. The second kappa shape index (κ2) is 3.51. The van der Waals surface area contributed by atoms with Crippen LogP contribution in [0.2, 0.25) is 0 Å². The van der Waals surface area contributed by atoms with Gasteiger partial charge in [0.15, 0.2) is 0 Å². The Morgan fingerprint density at radius 1 is 1.50 bits per heavy atom. The van der Waals surface area contributed by atoms with Gasteiger partial charge in [-0.1, -0.05) is 0 Å². The molecule has 0 aliphatic carbocycles. The van der Waals surface area contributed by atoms with E-state index in [1.165, 1.54) is 7.11 Å². The Balaban J connectivity index is 2.18. The van der Waals surface area contributed by atoms with Crippen molar-refractivity contribution in [2.24, 2.45) is 5.92 Å². The molecule has 0 radical (unpaired) electrons. The predicted molar refractivity (Wildman–Crippen MR) is 50.7 cm³/mol. The largest absolute Gasteiger partial charge is 0.469 e. The smallest absolute Gasteiger partial charge is 0.312 e. The molecule has 4 atom stereocenters. The number of carbonyl (C=O) groups excluding carboxylic acids is 1. The summed E-state index contributed by atoms with van der Waals surface area (Å²) in [6.45, 7) is 0. The van der Waals surface area contributed by atoms with E-state index < -0.39 is 6.10 Å². The Bertz CT molecular complexity index is 244. The standard InChI is InChI=1S/C10H17NO3/c1-11-6-3-4-7(11)9(8(12)5-6)10(13)14-2/h6-9,12H,3-5H2,1-2H3/t6-,7-,8?,9?/m0/s1. The highest BCUT2D eigenvalue weighted by Crippen LogP contribution is 2.38. The lowest BCUT2D eigenvalue weighted by Crippen LogP contribution is -2.52. The zero-order valence-corrected chi connectivity index (χ0v) is 8.64. The van der Waals surface area contributed by atoms with Crippen molar-refractivity contribution in [3.63, 3.8) is 0 Å². The maximum absolute atomic E-state index is 11.5. The molecule has 0 saturated carbocycles. The number of ether oxygens (including phenoxy) is 1. The van der Waals surface area contributed by atoms with Gasteiger partial charge in [0.05, 0.1) is 19.1 Å². The summed E-state index contributed by atoms with van der Waals surface area (Å²) in [5.41, 5.74) is 0. The first-order valence-corrected chi connectivity index (χ1v) is 5.13. The van der Waals surface area contributed by atoms with Crippen LogP contribution in [0.15, 0.2) is 0 Å². The first-order valence-electron chi connectivity index (χ1n) is 5.13. The van der Waals surface area contributed by atoms with E-state index in [1.807, 2.05) is 7.05 Å². The molecule has 0 spiro atoms. The molecule has 0 aromatic heterocycles. The second-order valence-corrected chi connectivity index (χ2v) is 4.32. The summed E-state index contributed by atoms with van der Waals surface area (Å²) in [6.07, 6.45) is 2.27. The van der Waals surface area contributed by atoms with Crippen molar-refractivity contribution in [1.82, 2.24) is 4.90 Å². The maximum atomic E-state index is 11.5. The number of piperidine rings is 1. The van der Waals surface area contributed by atoms with E-state index >= 15 is 0 Å². The molecule has 14 heavy (non-hydrogen) atoms. The lowest BCUT2D eigenvalue weighted by molar-refractivity contribution is -0.155. The quantitative estimate of drug-likeness (QED) is 0.604. The molecular formula is C10H17NO3. The molecule has 2 unspecified atom stereocenters. The predicted octanol–water partition coefficient (Wildman–Crippen LogP) is 0.00300. The Kier molecular flexibility index (Phi) is 2.49. The van der Waals surface area contributed by atoms with Crippen LogP contribution >= 0.6 is 0 Å². The molecule has 2 saturated heterocycles. The number of methoxy groups -OCH3 is 1. The highest BCUT2D eigenvalue weighted by molar-refractivity contribution is 5.74. The van der Waals surface area contributed by atoms with Gasteiger partial charge in [-0.05, 0) is 26.3 Å². The first-order chi connectivity index (χ1) is 6.65. The molecule has 4 heteroatoms. The minimum atomic E-state index is -0.517. The monoisotopic (exact) mass is 199 g/mol. The average Bonchev–Trinajstić information content (AvgIpc) is 2.42. The number of aliphatic hydroxyl groups excluding tert-OH is 1. The van der Waals surface area contributed by atoms with Gasteiger partial charge in [-0.3, -0.25) is 9.69 Å². The highest BCUT2D eigenvalue weighted by atomic mass is 16.5. The summed E-state index contributed by atoms with van der Waals surface area (Å²) < 4.78 is 4.73. The normalized spacial score (nSPS) is 42.5. The molecule has 2 heterocycles. The minimum absolute atomic E-state index is 0.177. The number of hydrogen-bond donors (Lipinski definition) is 1. The van der Waals surface area contributed by atoms with Crippen LogP contribution < -0.4 is 0 Å². The van der Waals surface area contributed by atoms with Crippen LogP contribution in [-0.2, 0) is 9.53 Å². The van der Waals surface area contributed by atoms with Crippen LogP contribution in [0.3, 0.4) is 0 Å². The van der Waals surface area contributed by atoms with Gasteiger partial charge in [0.25, 0.3) is 0 Å². The fraction of sp³-hybridized carbons (Fsp3) is 0.900. The molecular weight excluding hydrogens is 182 g/mol. The third-order valence-electron chi connectivity index (χ3n) is 3.71. The van der Waals surface area contributed by atoms with Gasteiger partial charge < -0.3 is 9.84 Å². The molecule has 0 aromatic carbocycles. The fourth-order valence-corrected chi connectivity index (χ4v) is 2.89. The number of fused-ring (bicyclic) bond motifs is 2. The van der Waals surface area contributed by atoms with Crippen molar-refractivity contribution in [3.8, 4) is 0 Å². The van der Waals surface area contributed by atoms with Crippen LogP contribution in [0.25, 0.3) is 0 Å². The van der Waals surface area contributed by atoms with Crippen LogP contribution in [0, 0.1) is 5.92 Å². The van der Waals surface area contributed by atoms with E-state index in [-0.39, 0.29) is 17.9 Å². The van der Waals surface area contributed by atoms with Crippen molar-refractivity contribution >= 4 is 5.97 Å². The Labute approximate surface area is 83.8 Å². The number of esters is 1. The van der Waals surface area contributed by atoms with Gasteiger partial charge in [-0.15, -0.1) is 0 Å². The highest BCUT2D eigenvalue weighted by Gasteiger charge is 2.48. The molecule has 2 aliphatic heterocycles. The summed E-state index contributed by atoms with van der Waals surface area (Å²) in [5.74, 6) is -0.613. The molecule has 0 amide bonds. The van der Waals surface area contributed by atoms with Crippen LogP contribution in [0.5, 0.6) is 0 Å². The van der Waals surface area contributed by atoms with E-state index in [1.54, 1.807) is 0 Å². The molecule has 2 bridgehead atoms. The maximum Gasteiger partial charge on any atom is 0.312 e. The van der Waals surface area contributed by atoms with E-state index in [0.29, 0.717) is 12.5 Å². The zero-order chi connectivity index (χ0) is 10.3. The third kappa shape index (κ3) is 1.33. The molecule has 80 valence electrons. The SMILES string of the molecule is COC(=O)C1C(O)C[C@@H]2CC[C@@H]1N2C. The van der Waals surface area contributed by atoms with Crippen LogP contribution in [0.1, 0.15) is 19.3 Å². The van der Waals surface area contributed by atoms with Gasteiger partial charge in [-0.25, -0.2) is 0 Å². The number of aliphatic hydroxyl groups is 1. The Morgan fingerprint density at radius 2 is 2.21 bits per heavy atom. The number of carbonyl (C=O) groups is 1. The lowest BCUT2D eigenvalue weighted by atomic mass is 9.88. The van der Waals surface area contributed by atoms with Crippen molar-refractivity contribution in [2.75, 3.05) is 14.2 Å². The van der Waals surface area contributed by atoms with Crippen molar-refractivity contribution < 1.29 is 14.6 Å². The van der Waals surface area contributed by atoms with Crippen molar-refractivity contribution in [1.29, 1.82) is 0 Å². The topological polar surface area (TPSA) is 49.8 Å². The van der Waals surface area contributed by atoms with Gasteiger partial charge in [0, 0.05) is 12.1 Å². The molecule has 4 nitrogen and oxygen atoms in total. The average molecular weight is 199 g/mol.